The number of amides is 1. The number of carbonyl (C=O) groups is 1. The second kappa shape index (κ2) is 7.06. The molecule has 1 amide bonds. The van der Waals surface area contributed by atoms with Crippen molar-refractivity contribution in [3.8, 4) is 17.0 Å². The van der Waals surface area contributed by atoms with Gasteiger partial charge >= 0.3 is 6.18 Å². The molecule has 6 nitrogen and oxygen atoms in total. The molecule has 0 aliphatic heterocycles. The van der Waals surface area contributed by atoms with Gasteiger partial charge in [-0.1, -0.05) is 12.1 Å². The average molecular weight is 404 g/mol. The number of alkyl halides is 3. The Balaban J connectivity index is 1.72. The molecule has 1 atom stereocenters. The normalized spacial score (nSPS) is 15.3. The number of aromatic nitrogens is 3. The van der Waals surface area contributed by atoms with Gasteiger partial charge in [-0.25, -0.2) is 9.50 Å². The molecular weight excluding hydrogens is 385 g/mol. The highest BCUT2D eigenvalue weighted by Crippen LogP contribution is 2.40. The molecular formula is C20H19F3N4O2. The number of aryl methyl sites for hydroxylation is 1. The summed E-state index contributed by atoms with van der Waals surface area (Å²) in [4.78, 5) is 16.6. The van der Waals surface area contributed by atoms with Crippen molar-refractivity contribution in [1.29, 1.82) is 0 Å². The summed E-state index contributed by atoms with van der Waals surface area (Å²) in [5.41, 5.74) is 2.65. The fourth-order valence-electron chi connectivity index (χ4n) is 3.31. The Morgan fingerprint density at radius 2 is 2.07 bits per heavy atom. The third-order valence-corrected chi connectivity index (χ3v) is 5.00. The van der Waals surface area contributed by atoms with Crippen molar-refractivity contribution in [2.24, 2.45) is 5.92 Å². The predicted octanol–water partition coefficient (Wildman–Crippen LogP) is 3.78. The second-order valence-corrected chi connectivity index (χ2v) is 7.15. The van der Waals surface area contributed by atoms with Crippen LogP contribution in [0.4, 0.5) is 13.2 Å². The van der Waals surface area contributed by atoms with E-state index in [1.54, 1.807) is 25.3 Å². The Bertz CT molecular complexity index is 1070. The Hall–Kier alpha value is -3.10. The van der Waals surface area contributed by atoms with E-state index in [1.807, 2.05) is 19.1 Å². The Kier molecular flexibility index (Phi) is 4.68. The quantitative estimate of drug-likeness (QED) is 0.703. The summed E-state index contributed by atoms with van der Waals surface area (Å²) in [6.45, 7) is 1.83. The van der Waals surface area contributed by atoms with Crippen LogP contribution in [0, 0.1) is 12.8 Å². The lowest BCUT2D eigenvalue weighted by Gasteiger charge is -2.20. The first-order valence-electron chi connectivity index (χ1n) is 9.15. The van der Waals surface area contributed by atoms with E-state index in [2.05, 4.69) is 15.4 Å². The number of ether oxygens (including phenoxy) is 1. The monoisotopic (exact) mass is 404 g/mol. The van der Waals surface area contributed by atoms with E-state index in [0.717, 1.165) is 11.1 Å². The standard InChI is InChI=1S/C20H19F3N4O2/c1-11-8-15(13-4-3-5-14(9-13)29-2)26-27-16(11)10-24-18(27)19(28)25-17(12-6-7-12)20(21,22)23/h3-5,8-10,12,17H,6-7H2,1-2H3,(H,25,28). The molecule has 1 aliphatic carbocycles. The maximum absolute atomic E-state index is 13.3. The summed E-state index contributed by atoms with van der Waals surface area (Å²) < 4.78 is 46.4. The number of fused-ring (bicyclic) bond motifs is 1. The van der Waals surface area contributed by atoms with E-state index >= 15 is 0 Å². The summed E-state index contributed by atoms with van der Waals surface area (Å²) in [5.74, 6) is -1.01. The molecule has 1 saturated carbocycles. The molecule has 2 heterocycles. The van der Waals surface area contributed by atoms with E-state index in [1.165, 1.54) is 10.7 Å². The average Bonchev–Trinajstić information content (AvgIpc) is 3.42. The molecule has 0 spiro atoms. The minimum Gasteiger partial charge on any atom is -0.497 e. The fourth-order valence-corrected chi connectivity index (χ4v) is 3.31. The number of benzene rings is 1. The highest BCUT2D eigenvalue weighted by Gasteiger charge is 2.50. The molecule has 0 saturated heterocycles. The summed E-state index contributed by atoms with van der Waals surface area (Å²) in [6.07, 6.45) is -2.17. The molecule has 152 valence electrons. The molecule has 1 aliphatic rings. The van der Waals surface area contributed by atoms with E-state index in [-0.39, 0.29) is 5.82 Å². The lowest BCUT2D eigenvalue weighted by atomic mass is 10.1. The summed E-state index contributed by atoms with van der Waals surface area (Å²) in [6, 6.07) is 7.18. The molecule has 1 N–H and O–H groups in total. The van der Waals surface area contributed by atoms with Gasteiger partial charge in [0, 0.05) is 5.56 Å². The first kappa shape index (κ1) is 19.2. The van der Waals surface area contributed by atoms with Crippen molar-refractivity contribution < 1.29 is 22.7 Å². The summed E-state index contributed by atoms with van der Waals surface area (Å²) in [7, 11) is 1.55. The molecule has 0 bridgehead atoms. The van der Waals surface area contributed by atoms with Gasteiger partial charge in [-0.3, -0.25) is 4.79 Å². The van der Waals surface area contributed by atoms with Crippen molar-refractivity contribution in [1.82, 2.24) is 19.9 Å². The molecule has 1 aromatic carbocycles. The molecule has 1 unspecified atom stereocenters. The van der Waals surface area contributed by atoms with Gasteiger partial charge in [-0.05, 0) is 49.4 Å². The molecule has 4 rings (SSSR count). The zero-order valence-corrected chi connectivity index (χ0v) is 15.8. The number of halogens is 3. The zero-order chi connectivity index (χ0) is 20.8. The van der Waals surface area contributed by atoms with E-state index in [9.17, 15) is 18.0 Å². The molecule has 3 aromatic rings. The Morgan fingerprint density at radius 3 is 2.72 bits per heavy atom. The van der Waals surface area contributed by atoms with Crippen LogP contribution in [0.1, 0.15) is 29.0 Å². The molecule has 2 aromatic heterocycles. The zero-order valence-electron chi connectivity index (χ0n) is 15.8. The smallest absolute Gasteiger partial charge is 0.408 e. The maximum atomic E-state index is 13.3. The van der Waals surface area contributed by atoms with E-state index in [0.29, 0.717) is 29.8 Å². The van der Waals surface area contributed by atoms with Crippen LogP contribution in [0.2, 0.25) is 0 Å². The van der Waals surface area contributed by atoms with Crippen LogP contribution in [0.5, 0.6) is 5.75 Å². The largest absolute Gasteiger partial charge is 0.497 e. The van der Waals surface area contributed by atoms with Crippen molar-refractivity contribution in [3.63, 3.8) is 0 Å². The number of nitrogens with zero attached hydrogens (tertiary/aromatic N) is 3. The number of imidazole rings is 1. The number of methoxy groups -OCH3 is 1. The van der Waals surface area contributed by atoms with Gasteiger partial charge in [0.25, 0.3) is 5.91 Å². The van der Waals surface area contributed by atoms with Gasteiger partial charge in [0.15, 0.2) is 0 Å². The van der Waals surface area contributed by atoms with E-state index in [4.69, 9.17) is 4.74 Å². The third-order valence-electron chi connectivity index (χ3n) is 5.00. The van der Waals surface area contributed by atoms with E-state index < -0.39 is 24.0 Å². The van der Waals surface area contributed by atoms with Gasteiger partial charge in [0.1, 0.15) is 11.8 Å². The topological polar surface area (TPSA) is 68.5 Å². The van der Waals surface area contributed by atoms with Gasteiger partial charge in [0.05, 0.1) is 24.5 Å². The van der Waals surface area contributed by atoms with Crippen LogP contribution < -0.4 is 10.1 Å². The minimum absolute atomic E-state index is 0.178. The van der Waals surface area contributed by atoms with Crippen LogP contribution in [-0.4, -0.2) is 39.8 Å². The van der Waals surface area contributed by atoms with Crippen molar-refractivity contribution in [2.75, 3.05) is 7.11 Å². The lowest BCUT2D eigenvalue weighted by molar-refractivity contribution is -0.158. The van der Waals surface area contributed by atoms with Gasteiger partial charge in [-0.2, -0.15) is 18.3 Å². The molecule has 1 fully saturated rings. The predicted molar refractivity (Wildman–Crippen MR) is 99.7 cm³/mol. The summed E-state index contributed by atoms with van der Waals surface area (Å²) >= 11 is 0. The SMILES string of the molecule is COc1cccc(-c2cc(C)c3cnc(C(=O)NC(C4CC4)C(F)(F)F)n3n2)c1. The van der Waals surface area contributed by atoms with Gasteiger partial charge in [0.2, 0.25) is 5.82 Å². The van der Waals surface area contributed by atoms with Gasteiger partial charge in [-0.15, -0.1) is 0 Å². The van der Waals surface area contributed by atoms with Crippen LogP contribution in [0.25, 0.3) is 16.8 Å². The number of carbonyl (C=O) groups excluding carboxylic acids is 1. The Labute approximate surface area is 164 Å². The van der Waals surface area contributed by atoms with Crippen LogP contribution >= 0.6 is 0 Å². The Morgan fingerprint density at radius 1 is 1.31 bits per heavy atom. The first-order chi connectivity index (χ1) is 13.8. The number of nitrogens with one attached hydrogen (secondary N) is 1. The lowest BCUT2D eigenvalue weighted by Crippen LogP contribution is -2.47. The fraction of sp³-hybridized carbons (Fsp3) is 0.350. The second-order valence-electron chi connectivity index (χ2n) is 7.15. The van der Waals surface area contributed by atoms with Crippen molar-refractivity contribution in [3.05, 3.63) is 47.9 Å². The highest BCUT2D eigenvalue weighted by atomic mass is 19.4. The first-order valence-corrected chi connectivity index (χ1v) is 9.15. The van der Waals surface area contributed by atoms with Crippen LogP contribution in [0.15, 0.2) is 36.5 Å². The molecule has 29 heavy (non-hydrogen) atoms. The molecule has 0 radical (unpaired) electrons. The van der Waals surface area contributed by atoms with Crippen molar-refractivity contribution >= 4 is 11.4 Å². The van der Waals surface area contributed by atoms with Crippen molar-refractivity contribution in [2.45, 2.75) is 32.0 Å². The maximum Gasteiger partial charge on any atom is 0.408 e. The third kappa shape index (κ3) is 3.76. The number of hydrogen-bond acceptors (Lipinski definition) is 4. The molecule has 9 heteroatoms. The van der Waals surface area contributed by atoms with Gasteiger partial charge < -0.3 is 10.1 Å². The highest BCUT2D eigenvalue weighted by molar-refractivity contribution is 5.92. The van der Waals surface area contributed by atoms with Crippen LogP contribution in [-0.2, 0) is 0 Å². The minimum atomic E-state index is -4.50. The summed E-state index contributed by atoms with van der Waals surface area (Å²) in [5, 5.41) is 6.55. The number of hydrogen-bond donors (Lipinski definition) is 1. The van der Waals surface area contributed by atoms with Crippen LogP contribution in [0.3, 0.4) is 0 Å². The number of rotatable bonds is 5.